The second-order valence-corrected chi connectivity index (χ2v) is 5.49. The highest BCUT2D eigenvalue weighted by atomic mass is 16.6. The molecular weight excluding hydrogens is 188 g/mol. The molecule has 0 aromatic rings. The van der Waals surface area contributed by atoms with Crippen molar-refractivity contribution in [3.63, 3.8) is 0 Å². The van der Waals surface area contributed by atoms with Crippen LogP contribution in [-0.2, 0) is 4.74 Å². The number of epoxide rings is 1. The molecule has 2 atom stereocenters. The van der Waals surface area contributed by atoms with Gasteiger partial charge in [0.25, 0.3) is 0 Å². The van der Waals surface area contributed by atoms with Crippen molar-refractivity contribution in [3.8, 4) is 0 Å². The van der Waals surface area contributed by atoms with E-state index in [4.69, 9.17) is 4.74 Å². The largest absolute Gasteiger partial charge is 0.393 e. The van der Waals surface area contributed by atoms with Crippen LogP contribution in [0.15, 0.2) is 0 Å². The van der Waals surface area contributed by atoms with Gasteiger partial charge in [-0.1, -0.05) is 40.0 Å². The zero-order valence-corrected chi connectivity index (χ0v) is 10.5. The van der Waals surface area contributed by atoms with E-state index in [9.17, 15) is 5.11 Å². The topological polar surface area (TPSA) is 32.8 Å². The van der Waals surface area contributed by atoms with E-state index in [0.29, 0.717) is 6.10 Å². The summed E-state index contributed by atoms with van der Waals surface area (Å²) in [4.78, 5) is 0. The molecule has 2 fully saturated rings. The van der Waals surface area contributed by atoms with Crippen molar-refractivity contribution < 1.29 is 9.84 Å². The van der Waals surface area contributed by atoms with Gasteiger partial charge in [0.1, 0.15) is 0 Å². The number of ether oxygens (including phenoxy) is 1. The van der Waals surface area contributed by atoms with Gasteiger partial charge in [0, 0.05) is 0 Å². The van der Waals surface area contributed by atoms with Gasteiger partial charge in [0.05, 0.1) is 18.8 Å². The predicted molar refractivity (Wildman–Crippen MR) is 62.9 cm³/mol. The molecule has 0 amide bonds. The Bertz CT molecular complexity index is 173. The van der Waals surface area contributed by atoms with Crippen molar-refractivity contribution in [1.29, 1.82) is 0 Å². The lowest BCUT2D eigenvalue weighted by Gasteiger charge is -2.34. The molecule has 0 bridgehead atoms. The third-order valence-electron chi connectivity index (χ3n) is 3.46. The summed E-state index contributed by atoms with van der Waals surface area (Å²) in [6.07, 6.45) is 7.83. The van der Waals surface area contributed by atoms with Gasteiger partial charge in [-0.15, -0.1) is 0 Å². The van der Waals surface area contributed by atoms with Crippen LogP contribution in [0.25, 0.3) is 0 Å². The Morgan fingerprint density at radius 1 is 1.33 bits per heavy atom. The van der Waals surface area contributed by atoms with Crippen molar-refractivity contribution in [2.45, 2.75) is 71.5 Å². The molecule has 15 heavy (non-hydrogen) atoms. The van der Waals surface area contributed by atoms with E-state index in [1.54, 1.807) is 0 Å². The van der Waals surface area contributed by atoms with E-state index < -0.39 is 0 Å². The van der Waals surface area contributed by atoms with Gasteiger partial charge in [-0.3, -0.25) is 0 Å². The molecule has 1 aliphatic heterocycles. The third-order valence-corrected chi connectivity index (χ3v) is 3.46. The highest BCUT2D eigenvalue weighted by molar-refractivity contribution is 4.81. The smallest absolute Gasteiger partial charge is 0.0809 e. The molecule has 0 aromatic heterocycles. The van der Waals surface area contributed by atoms with Crippen LogP contribution in [0.3, 0.4) is 0 Å². The molecule has 2 unspecified atom stereocenters. The maximum Gasteiger partial charge on any atom is 0.0809 e. The minimum absolute atomic E-state index is 0.0498. The van der Waals surface area contributed by atoms with Gasteiger partial charge in [0.15, 0.2) is 0 Å². The van der Waals surface area contributed by atoms with Crippen LogP contribution in [0.2, 0.25) is 0 Å². The van der Waals surface area contributed by atoms with Crippen LogP contribution in [0.4, 0.5) is 0 Å². The molecule has 2 heteroatoms. The summed E-state index contributed by atoms with van der Waals surface area (Å²) in [6, 6.07) is 0. The van der Waals surface area contributed by atoms with Crippen molar-refractivity contribution in [1.82, 2.24) is 0 Å². The van der Waals surface area contributed by atoms with Gasteiger partial charge in [-0.05, 0) is 24.7 Å². The molecule has 90 valence electrons. The predicted octanol–water partition coefficient (Wildman–Crippen LogP) is 3.13. The Morgan fingerprint density at radius 2 is 2.00 bits per heavy atom. The molecule has 1 N–H and O–H groups in total. The van der Waals surface area contributed by atoms with E-state index in [1.807, 2.05) is 0 Å². The number of aliphatic hydroxyl groups is 1. The average Bonchev–Trinajstić information content (AvgIpc) is 2.96. The summed E-state index contributed by atoms with van der Waals surface area (Å²) < 4.78 is 4.95. The Hall–Kier alpha value is -0.0800. The minimum Gasteiger partial charge on any atom is -0.393 e. The van der Waals surface area contributed by atoms with Crippen molar-refractivity contribution in [3.05, 3.63) is 0 Å². The zero-order valence-electron chi connectivity index (χ0n) is 10.5. The summed E-state index contributed by atoms with van der Waals surface area (Å²) in [7, 11) is 0. The zero-order chi connectivity index (χ0) is 11.3. The lowest BCUT2D eigenvalue weighted by molar-refractivity contribution is 0.0135. The third kappa shape index (κ3) is 4.98. The standard InChI is InChI=1S/C8H16O.C5H10O/c1-8(2)6-4-3-5-7(8)9;1-2-3-5-4-6-5/h7,9H,3-6H2,1-2H3;5H,2-4H2,1H3. The number of aliphatic hydroxyl groups excluding tert-OH is 1. The van der Waals surface area contributed by atoms with Gasteiger partial charge in [-0.2, -0.15) is 0 Å². The van der Waals surface area contributed by atoms with Crippen LogP contribution in [-0.4, -0.2) is 23.9 Å². The van der Waals surface area contributed by atoms with E-state index >= 15 is 0 Å². The van der Waals surface area contributed by atoms with E-state index in [2.05, 4.69) is 20.8 Å². The summed E-state index contributed by atoms with van der Waals surface area (Å²) in [6.45, 7) is 7.50. The highest BCUT2D eigenvalue weighted by Gasteiger charge is 2.29. The lowest BCUT2D eigenvalue weighted by Crippen LogP contribution is -2.32. The first kappa shape index (κ1) is 13.0. The summed E-state index contributed by atoms with van der Waals surface area (Å²) >= 11 is 0. The fraction of sp³-hybridized carbons (Fsp3) is 1.00. The minimum atomic E-state index is -0.0498. The van der Waals surface area contributed by atoms with Gasteiger partial charge < -0.3 is 9.84 Å². The first-order valence-electron chi connectivity index (χ1n) is 6.36. The average molecular weight is 214 g/mol. The lowest BCUT2D eigenvalue weighted by atomic mass is 9.75. The maximum atomic E-state index is 9.44. The number of hydrogen-bond donors (Lipinski definition) is 1. The second-order valence-electron chi connectivity index (χ2n) is 5.49. The van der Waals surface area contributed by atoms with E-state index in [-0.39, 0.29) is 11.5 Å². The molecule has 1 saturated heterocycles. The molecule has 1 heterocycles. The number of rotatable bonds is 2. The van der Waals surface area contributed by atoms with Gasteiger partial charge in [0.2, 0.25) is 0 Å². The molecule has 2 rings (SSSR count). The van der Waals surface area contributed by atoms with Crippen molar-refractivity contribution >= 4 is 0 Å². The van der Waals surface area contributed by atoms with Crippen LogP contribution in [0.5, 0.6) is 0 Å². The molecule has 2 aliphatic rings. The molecular formula is C13H26O2. The quantitative estimate of drug-likeness (QED) is 0.716. The molecule has 0 aromatic carbocycles. The van der Waals surface area contributed by atoms with Crippen LogP contribution in [0.1, 0.15) is 59.3 Å². The molecule has 0 radical (unpaired) electrons. The Morgan fingerprint density at radius 3 is 2.27 bits per heavy atom. The molecule has 1 saturated carbocycles. The Balaban J connectivity index is 0.000000162. The van der Waals surface area contributed by atoms with Crippen molar-refractivity contribution in [2.24, 2.45) is 5.41 Å². The van der Waals surface area contributed by atoms with Crippen LogP contribution < -0.4 is 0 Å². The first-order valence-corrected chi connectivity index (χ1v) is 6.36. The highest BCUT2D eigenvalue weighted by Crippen LogP contribution is 2.34. The summed E-state index contributed by atoms with van der Waals surface area (Å²) in [5, 5.41) is 9.44. The summed E-state index contributed by atoms with van der Waals surface area (Å²) in [5.74, 6) is 0. The van der Waals surface area contributed by atoms with Gasteiger partial charge >= 0.3 is 0 Å². The second kappa shape index (κ2) is 5.86. The fourth-order valence-electron chi connectivity index (χ4n) is 2.03. The van der Waals surface area contributed by atoms with Gasteiger partial charge in [-0.25, -0.2) is 0 Å². The first-order chi connectivity index (χ1) is 7.06. The number of hydrogen-bond acceptors (Lipinski definition) is 2. The van der Waals surface area contributed by atoms with E-state index in [0.717, 1.165) is 13.0 Å². The summed E-state index contributed by atoms with van der Waals surface area (Å²) in [5.41, 5.74) is 0.193. The molecule has 0 spiro atoms. The maximum absolute atomic E-state index is 9.44. The fourth-order valence-corrected chi connectivity index (χ4v) is 2.03. The Labute approximate surface area is 94.0 Å². The van der Waals surface area contributed by atoms with E-state index in [1.165, 1.54) is 32.1 Å². The van der Waals surface area contributed by atoms with Crippen LogP contribution in [0, 0.1) is 5.41 Å². The molecule has 1 aliphatic carbocycles. The SMILES string of the molecule is CC1(C)CCCCC1O.CCCC1CO1. The van der Waals surface area contributed by atoms with Crippen LogP contribution >= 0.6 is 0 Å². The van der Waals surface area contributed by atoms with Crippen molar-refractivity contribution in [2.75, 3.05) is 6.61 Å². The molecule has 2 nitrogen and oxygen atoms in total. The monoisotopic (exact) mass is 214 g/mol. The Kier molecular flexibility index (Phi) is 5.07. The normalized spacial score (nSPS) is 32.8.